The Bertz CT molecular complexity index is 1080. The minimum absolute atomic E-state index is 0.0768. The zero-order chi connectivity index (χ0) is 22.1. The van der Waals surface area contributed by atoms with Gasteiger partial charge in [-0.05, 0) is 65.0 Å². The molecule has 0 saturated heterocycles. The average Bonchev–Trinajstić information content (AvgIpc) is 3.05. The van der Waals surface area contributed by atoms with E-state index in [1.807, 2.05) is 27.7 Å². The summed E-state index contributed by atoms with van der Waals surface area (Å²) in [4.78, 5) is 31.6. The Morgan fingerprint density at radius 1 is 1.20 bits per heavy atom. The van der Waals surface area contributed by atoms with Gasteiger partial charge in [-0.2, -0.15) is 0 Å². The number of likely N-dealkylation sites (N-methyl/N-ethyl adjacent to an activating group) is 1. The molecule has 7 nitrogen and oxygen atoms in total. The molecule has 1 N–H and O–H groups in total. The molecule has 158 valence electrons. The highest BCUT2D eigenvalue weighted by atomic mass is 19.1. The Morgan fingerprint density at radius 2 is 1.87 bits per heavy atom. The number of pyridine rings is 1. The van der Waals surface area contributed by atoms with Gasteiger partial charge in [0.15, 0.2) is 0 Å². The molecule has 0 atom stereocenters. The third-order valence-corrected chi connectivity index (χ3v) is 4.51. The molecule has 0 radical (unpaired) electrons. The molecule has 3 aromatic rings. The van der Waals surface area contributed by atoms with Crippen LogP contribution in [0.2, 0.25) is 0 Å². The highest BCUT2D eigenvalue weighted by Gasteiger charge is 2.25. The van der Waals surface area contributed by atoms with Gasteiger partial charge in [0.25, 0.3) is 11.6 Å². The van der Waals surface area contributed by atoms with Crippen LogP contribution in [-0.4, -0.2) is 45.5 Å². The highest BCUT2D eigenvalue weighted by molar-refractivity contribution is 6.07. The summed E-state index contributed by atoms with van der Waals surface area (Å²) in [6.45, 7) is 9.44. The van der Waals surface area contributed by atoms with E-state index in [0.29, 0.717) is 34.4 Å². The number of benzene rings is 1. The van der Waals surface area contributed by atoms with Crippen molar-refractivity contribution in [2.45, 2.75) is 40.2 Å². The molecule has 8 heteroatoms. The first-order chi connectivity index (χ1) is 14.1. The fourth-order valence-corrected chi connectivity index (χ4v) is 3.16. The Labute approximate surface area is 174 Å². The van der Waals surface area contributed by atoms with Gasteiger partial charge >= 0.3 is 0 Å². The van der Waals surface area contributed by atoms with E-state index in [1.165, 1.54) is 17.0 Å². The zero-order valence-electron chi connectivity index (χ0n) is 17.7. The molecule has 2 aromatic heterocycles. The van der Waals surface area contributed by atoms with Crippen molar-refractivity contribution in [3.8, 4) is 11.3 Å². The van der Waals surface area contributed by atoms with Gasteiger partial charge in [0.1, 0.15) is 5.82 Å². The number of rotatable bonds is 5. The maximum absolute atomic E-state index is 13.4. The number of aromatic nitrogens is 2. The van der Waals surface area contributed by atoms with Crippen LogP contribution < -0.4 is 5.32 Å². The van der Waals surface area contributed by atoms with Crippen LogP contribution in [0, 0.1) is 12.7 Å². The molecular formula is C22H25FN4O3. The van der Waals surface area contributed by atoms with E-state index >= 15 is 0 Å². The van der Waals surface area contributed by atoms with Gasteiger partial charge in [-0.15, -0.1) is 0 Å². The van der Waals surface area contributed by atoms with Crippen LogP contribution in [0.25, 0.3) is 22.4 Å². The van der Waals surface area contributed by atoms with E-state index in [9.17, 15) is 14.0 Å². The number of amides is 2. The Kier molecular flexibility index (Phi) is 5.87. The lowest BCUT2D eigenvalue weighted by Crippen LogP contribution is -2.47. The van der Waals surface area contributed by atoms with E-state index in [2.05, 4.69) is 15.5 Å². The molecule has 0 saturated carbocycles. The van der Waals surface area contributed by atoms with E-state index < -0.39 is 5.54 Å². The van der Waals surface area contributed by atoms with Gasteiger partial charge in [-0.3, -0.25) is 9.59 Å². The van der Waals surface area contributed by atoms with Crippen LogP contribution >= 0.6 is 0 Å². The minimum atomic E-state index is -0.399. The molecule has 1 aromatic carbocycles. The van der Waals surface area contributed by atoms with Crippen molar-refractivity contribution < 1.29 is 18.5 Å². The summed E-state index contributed by atoms with van der Waals surface area (Å²) in [7, 11) is 0. The van der Waals surface area contributed by atoms with Crippen LogP contribution in [0.3, 0.4) is 0 Å². The molecular weight excluding hydrogens is 387 g/mol. The summed E-state index contributed by atoms with van der Waals surface area (Å²) in [5.74, 6) is -0.943. The topological polar surface area (TPSA) is 88.3 Å². The maximum Gasteiger partial charge on any atom is 0.259 e. The zero-order valence-corrected chi connectivity index (χ0v) is 17.7. The minimum Gasteiger partial charge on any atom is -0.350 e. The molecule has 2 amide bonds. The first kappa shape index (κ1) is 21.4. The van der Waals surface area contributed by atoms with E-state index in [-0.39, 0.29) is 29.9 Å². The molecule has 0 aliphatic rings. The second-order valence-electron chi connectivity index (χ2n) is 8.13. The Balaban J connectivity index is 2.02. The van der Waals surface area contributed by atoms with Crippen molar-refractivity contribution in [2.75, 3.05) is 13.1 Å². The SMILES string of the molecule is CCN(CC(=O)NC(C)(C)C)C(=O)c1cc(-c2ccc(F)cc2)nc2onc(C)c12. The Hall–Kier alpha value is -3.29. The molecule has 30 heavy (non-hydrogen) atoms. The van der Waals surface area contributed by atoms with Crippen LogP contribution in [0.4, 0.5) is 4.39 Å². The monoisotopic (exact) mass is 412 g/mol. The van der Waals surface area contributed by atoms with Crippen molar-refractivity contribution in [3.05, 3.63) is 47.4 Å². The van der Waals surface area contributed by atoms with Crippen molar-refractivity contribution in [2.24, 2.45) is 0 Å². The van der Waals surface area contributed by atoms with Crippen LogP contribution in [-0.2, 0) is 4.79 Å². The number of nitrogens with zero attached hydrogens (tertiary/aromatic N) is 3. The predicted molar refractivity (Wildman–Crippen MR) is 111 cm³/mol. The van der Waals surface area contributed by atoms with Crippen molar-refractivity contribution in [1.29, 1.82) is 0 Å². The fraction of sp³-hybridized carbons (Fsp3) is 0.364. The van der Waals surface area contributed by atoms with Gasteiger partial charge in [0, 0.05) is 17.6 Å². The lowest BCUT2D eigenvalue weighted by Gasteiger charge is -2.25. The molecule has 0 aliphatic heterocycles. The first-order valence-electron chi connectivity index (χ1n) is 9.72. The third kappa shape index (κ3) is 4.64. The molecule has 3 rings (SSSR count). The van der Waals surface area contributed by atoms with E-state index in [0.717, 1.165) is 0 Å². The van der Waals surface area contributed by atoms with Crippen LogP contribution in [0.1, 0.15) is 43.7 Å². The predicted octanol–water partition coefficient (Wildman–Crippen LogP) is 3.71. The number of nitrogens with one attached hydrogen (secondary N) is 1. The Morgan fingerprint density at radius 3 is 2.47 bits per heavy atom. The number of halogens is 1. The molecule has 0 aliphatic carbocycles. The van der Waals surface area contributed by atoms with Crippen LogP contribution in [0.5, 0.6) is 0 Å². The molecule has 2 heterocycles. The largest absolute Gasteiger partial charge is 0.350 e. The lowest BCUT2D eigenvalue weighted by molar-refractivity contribution is -0.123. The van der Waals surface area contributed by atoms with Gasteiger partial charge in [-0.25, -0.2) is 9.37 Å². The highest BCUT2D eigenvalue weighted by Crippen LogP contribution is 2.28. The van der Waals surface area contributed by atoms with Crippen molar-refractivity contribution in [1.82, 2.24) is 20.4 Å². The number of hydrogen-bond acceptors (Lipinski definition) is 5. The number of fused-ring (bicyclic) bond motifs is 1. The molecule has 0 bridgehead atoms. The van der Waals surface area contributed by atoms with Gasteiger partial charge in [0.05, 0.1) is 28.9 Å². The lowest BCUT2D eigenvalue weighted by atomic mass is 10.0. The average molecular weight is 412 g/mol. The maximum atomic E-state index is 13.4. The van der Waals surface area contributed by atoms with E-state index in [1.54, 1.807) is 25.1 Å². The fourth-order valence-electron chi connectivity index (χ4n) is 3.16. The second kappa shape index (κ2) is 8.22. The third-order valence-electron chi connectivity index (χ3n) is 4.51. The number of aryl methyl sites for hydroxylation is 1. The van der Waals surface area contributed by atoms with Crippen molar-refractivity contribution in [3.63, 3.8) is 0 Å². The number of carbonyl (C=O) groups is 2. The second-order valence-corrected chi connectivity index (χ2v) is 8.13. The summed E-state index contributed by atoms with van der Waals surface area (Å²) in [5.41, 5.74) is 1.77. The molecule has 0 fully saturated rings. The summed E-state index contributed by atoms with van der Waals surface area (Å²) < 4.78 is 18.6. The summed E-state index contributed by atoms with van der Waals surface area (Å²) in [6, 6.07) is 7.43. The van der Waals surface area contributed by atoms with Gasteiger partial charge in [0.2, 0.25) is 5.91 Å². The summed E-state index contributed by atoms with van der Waals surface area (Å²) >= 11 is 0. The molecule has 0 unspecified atom stereocenters. The summed E-state index contributed by atoms with van der Waals surface area (Å²) in [5, 5.41) is 7.30. The molecule has 0 spiro atoms. The van der Waals surface area contributed by atoms with Gasteiger partial charge in [-0.1, -0.05) is 5.16 Å². The van der Waals surface area contributed by atoms with Crippen molar-refractivity contribution >= 4 is 22.9 Å². The normalized spacial score (nSPS) is 11.5. The first-order valence-corrected chi connectivity index (χ1v) is 9.72. The quantitative estimate of drug-likeness (QED) is 0.690. The smallest absolute Gasteiger partial charge is 0.259 e. The van der Waals surface area contributed by atoms with E-state index in [4.69, 9.17) is 4.52 Å². The van der Waals surface area contributed by atoms with Gasteiger partial charge < -0.3 is 14.7 Å². The summed E-state index contributed by atoms with van der Waals surface area (Å²) in [6.07, 6.45) is 0. The number of carbonyl (C=O) groups excluding carboxylic acids is 2. The standard InChI is InChI=1S/C22H25FN4O3/c1-6-27(12-18(28)25-22(3,4)5)21(29)16-11-17(14-7-9-15(23)10-8-14)24-20-19(16)13(2)26-30-20/h7-11H,6,12H2,1-5H3,(H,25,28). The number of hydrogen-bond donors (Lipinski definition) is 1. The van der Waals surface area contributed by atoms with Crippen LogP contribution in [0.15, 0.2) is 34.9 Å².